The van der Waals surface area contributed by atoms with Crippen molar-refractivity contribution in [3.05, 3.63) is 69.6 Å². The number of carbonyl (C=O) groups excluding carboxylic acids is 1. The average Bonchev–Trinajstić information content (AvgIpc) is 3.32. The Morgan fingerprint density at radius 1 is 1.21 bits per heavy atom. The van der Waals surface area contributed by atoms with E-state index in [0.29, 0.717) is 31.4 Å². The minimum Gasteiger partial charge on any atom is -0.356 e. The van der Waals surface area contributed by atoms with Crippen molar-refractivity contribution in [2.24, 2.45) is 0 Å². The zero-order valence-corrected chi connectivity index (χ0v) is 17.4. The minimum atomic E-state index is -0.114. The van der Waals surface area contributed by atoms with Crippen molar-refractivity contribution >= 4 is 33.0 Å². The Hall–Kier alpha value is -2.93. The number of fused-ring (bicyclic) bond motifs is 3. The molecule has 1 aromatic carbocycles. The van der Waals surface area contributed by atoms with Gasteiger partial charge in [-0.15, -0.1) is 11.3 Å². The summed E-state index contributed by atoms with van der Waals surface area (Å²) in [5.41, 5.74) is 2.75. The predicted molar refractivity (Wildman–Crippen MR) is 117 cm³/mol. The number of amides is 1. The monoisotopic (exact) mass is 408 g/mol. The van der Waals surface area contributed by atoms with Gasteiger partial charge in [-0.05, 0) is 42.3 Å². The van der Waals surface area contributed by atoms with Gasteiger partial charge >= 0.3 is 0 Å². The lowest BCUT2D eigenvalue weighted by Gasteiger charge is -2.13. The van der Waals surface area contributed by atoms with Crippen molar-refractivity contribution < 1.29 is 4.79 Å². The molecule has 0 bridgehead atoms. The van der Waals surface area contributed by atoms with E-state index < -0.39 is 0 Å². The highest BCUT2D eigenvalue weighted by Crippen LogP contribution is 2.24. The number of aryl methyl sites for hydroxylation is 2. The Kier molecular flexibility index (Phi) is 5.49. The highest BCUT2D eigenvalue weighted by molar-refractivity contribution is 7.17. The lowest BCUT2D eigenvalue weighted by atomic mass is 10.0. The molecule has 7 heteroatoms. The predicted octanol–water partition coefficient (Wildman–Crippen LogP) is 3.72. The third kappa shape index (κ3) is 3.96. The first-order valence-corrected chi connectivity index (χ1v) is 10.7. The molecule has 1 amide bonds. The fourth-order valence-electron chi connectivity index (χ4n) is 3.62. The molecule has 4 rings (SSSR count). The van der Waals surface area contributed by atoms with Crippen LogP contribution in [0.5, 0.6) is 0 Å². The number of hydrogen-bond acceptors (Lipinski definition) is 4. The number of nitrogens with zero attached hydrogens (tertiary/aromatic N) is 3. The van der Waals surface area contributed by atoms with Crippen LogP contribution in [0.4, 0.5) is 0 Å². The van der Waals surface area contributed by atoms with Crippen LogP contribution in [0.3, 0.4) is 0 Å². The van der Waals surface area contributed by atoms with E-state index in [9.17, 15) is 9.59 Å². The summed E-state index contributed by atoms with van der Waals surface area (Å²) in [4.78, 5) is 25.0. The van der Waals surface area contributed by atoms with Gasteiger partial charge in [0.25, 0.3) is 5.56 Å². The van der Waals surface area contributed by atoms with Gasteiger partial charge in [0.1, 0.15) is 11.3 Å². The smallest absolute Gasteiger partial charge is 0.291 e. The summed E-state index contributed by atoms with van der Waals surface area (Å²) in [6.45, 7) is 5.03. The third-order valence-corrected chi connectivity index (χ3v) is 6.07. The fourth-order valence-corrected chi connectivity index (χ4v) is 4.43. The first kappa shape index (κ1) is 19.4. The van der Waals surface area contributed by atoms with Crippen molar-refractivity contribution in [1.82, 2.24) is 19.5 Å². The second kappa shape index (κ2) is 8.21. The maximum absolute atomic E-state index is 12.8. The van der Waals surface area contributed by atoms with E-state index in [1.807, 2.05) is 47.0 Å². The summed E-state index contributed by atoms with van der Waals surface area (Å²) in [6, 6.07) is 14.1. The molecule has 1 N–H and O–H groups in total. The van der Waals surface area contributed by atoms with Gasteiger partial charge in [-0.3, -0.25) is 14.0 Å². The topological polar surface area (TPSA) is 68.4 Å². The van der Waals surface area contributed by atoms with Gasteiger partial charge in [0.2, 0.25) is 5.91 Å². The molecular formula is C22H24N4O2S. The summed E-state index contributed by atoms with van der Waals surface area (Å²) in [7, 11) is 0. The number of thiophene rings is 1. The summed E-state index contributed by atoms with van der Waals surface area (Å²) in [5, 5.41) is 9.45. The Labute approximate surface area is 172 Å². The van der Waals surface area contributed by atoms with Gasteiger partial charge in [0.05, 0.1) is 10.2 Å². The number of nitrogens with one attached hydrogen (secondary N) is 1. The molecule has 6 nitrogen and oxygen atoms in total. The molecule has 150 valence electrons. The lowest BCUT2D eigenvalue weighted by Crippen LogP contribution is -2.29. The van der Waals surface area contributed by atoms with Gasteiger partial charge < -0.3 is 5.32 Å². The van der Waals surface area contributed by atoms with Crippen LogP contribution in [-0.4, -0.2) is 26.6 Å². The number of benzene rings is 1. The van der Waals surface area contributed by atoms with Crippen molar-refractivity contribution in [2.75, 3.05) is 6.54 Å². The second-order valence-electron chi connectivity index (χ2n) is 7.33. The first-order valence-electron chi connectivity index (χ1n) is 9.82. The zero-order chi connectivity index (χ0) is 20.4. The quantitative estimate of drug-likeness (QED) is 0.507. The number of aromatic nitrogens is 3. The van der Waals surface area contributed by atoms with Crippen LogP contribution in [0.2, 0.25) is 0 Å². The third-order valence-electron chi connectivity index (χ3n) is 5.21. The number of carbonyl (C=O) groups is 1. The van der Waals surface area contributed by atoms with Crippen molar-refractivity contribution in [3.8, 4) is 0 Å². The van der Waals surface area contributed by atoms with Crippen molar-refractivity contribution in [2.45, 2.75) is 39.2 Å². The van der Waals surface area contributed by atoms with E-state index in [1.54, 1.807) is 11.3 Å². The molecule has 1 unspecified atom stereocenters. The van der Waals surface area contributed by atoms with Gasteiger partial charge in [0.15, 0.2) is 0 Å². The molecule has 4 aromatic rings. The number of hydrogen-bond donors (Lipinski definition) is 1. The summed E-state index contributed by atoms with van der Waals surface area (Å²) >= 11 is 1.61. The van der Waals surface area contributed by atoms with Crippen molar-refractivity contribution in [3.63, 3.8) is 0 Å². The molecule has 0 aliphatic rings. The van der Waals surface area contributed by atoms with Crippen LogP contribution >= 0.6 is 11.3 Å². The van der Waals surface area contributed by atoms with Crippen LogP contribution in [0, 0.1) is 6.92 Å². The molecule has 0 radical (unpaired) electrons. The van der Waals surface area contributed by atoms with E-state index in [1.165, 1.54) is 10.2 Å². The van der Waals surface area contributed by atoms with Crippen LogP contribution in [0.25, 0.3) is 15.7 Å². The second-order valence-corrected chi connectivity index (χ2v) is 8.28. The molecule has 0 fully saturated rings. The van der Waals surface area contributed by atoms with E-state index in [-0.39, 0.29) is 17.4 Å². The van der Waals surface area contributed by atoms with Crippen molar-refractivity contribution in [1.29, 1.82) is 0 Å². The molecule has 3 heterocycles. The van der Waals surface area contributed by atoms with Gasteiger partial charge in [0, 0.05) is 19.5 Å². The Balaban J connectivity index is 1.35. The van der Waals surface area contributed by atoms with Gasteiger partial charge in [-0.2, -0.15) is 5.10 Å². The minimum absolute atomic E-state index is 0.00169. The SMILES string of the molecule is Cc1nn(CCCC(=O)NCC(C)c2ccccc2)c(=O)c2cc3sccc3n12. The molecule has 1 atom stereocenters. The maximum atomic E-state index is 12.8. The van der Waals surface area contributed by atoms with Crippen LogP contribution in [0.1, 0.15) is 37.1 Å². The molecule has 3 aromatic heterocycles. The summed E-state index contributed by atoms with van der Waals surface area (Å²) in [5.74, 6) is 1.04. The molecule has 0 saturated carbocycles. The molecule has 29 heavy (non-hydrogen) atoms. The van der Waals surface area contributed by atoms with Crippen LogP contribution in [0.15, 0.2) is 52.6 Å². The van der Waals surface area contributed by atoms with Crippen LogP contribution in [-0.2, 0) is 11.3 Å². The van der Waals surface area contributed by atoms with E-state index in [4.69, 9.17) is 0 Å². The Morgan fingerprint density at radius 3 is 2.79 bits per heavy atom. The molecule has 0 spiro atoms. The standard InChI is InChI=1S/C22H24N4O2S/c1-15(17-7-4-3-5-8-17)14-23-21(27)9-6-11-25-22(28)19-13-20-18(10-12-29-20)26(19)16(2)24-25/h3-5,7-8,10,12-13,15H,6,9,11,14H2,1-2H3,(H,23,27). The lowest BCUT2D eigenvalue weighted by molar-refractivity contribution is -0.121. The molecule has 0 saturated heterocycles. The average molecular weight is 409 g/mol. The van der Waals surface area contributed by atoms with Crippen LogP contribution < -0.4 is 10.9 Å². The molecule has 0 aliphatic heterocycles. The zero-order valence-electron chi connectivity index (χ0n) is 16.6. The summed E-state index contributed by atoms with van der Waals surface area (Å²) in [6.07, 6.45) is 0.944. The van der Waals surface area contributed by atoms with Gasteiger partial charge in [-0.1, -0.05) is 37.3 Å². The number of rotatable bonds is 7. The van der Waals surface area contributed by atoms with Gasteiger partial charge in [-0.25, -0.2) is 4.68 Å². The highest BCUT2D eigenvalue weighted by Gasteiger charge is 2.13. The molecule has 0 aliphatic carbocycles. The Morgan fingerprint density at radius 2 is 2.00 bits per heavy atom. The maximum Gasteiger partial charge on any atom is 0.291 e. The largest absolute Gasteiger partial charge is 0.356 e. The van der Waals surface area contributed by atoms with E-state index in [0.717, 1.165) is 16.0 Å². The molecular weight excluding hydrogens is 384 g/mol. The first-order chi connectivity index (χ1) is 14.0. The van der Waals surface area contributed by atoms with E-state index >= 15 is 0 Å². The Bertz CT molecular complexity index is 1210. The highest BCUT2D eigenvalue weighted by atomic mass is 32.1. The summed E-state index contributed by atoms with van der Waals surface area (Å²) < 4.78 is 4.47. The normalized spacial score (nSPS) is 12.5. The fraction of sp³-hybridized carbons (Fsp3) is 0.318. The van der Waals surface area contributed by atoms with E-state index in [2.05, 4.69) is 29.5 Å².